The molecule has 1 aliphatic heterocycles. The van der Waals surface area contributed by atoms with Crippen LogP contribution in [0.25, 0.3) is 0 Å². The molecule has 1 aromatic carbocycles. The second-order valence-electron chi connectivity index (χ2n) is 4.87. The zero-order valence-electron chi connectivity index (χ0n) is 11.1. The summed E-state index contributed by atoms with van der Waals surface area (Å²) in [5.41, 5.74) is 7.15. The maximum absolute atomic E-state index is 12.0. The number of halogens is 1. The van der Waals surface area contributed by atoms with Gasteiger partial charge in [-0.15, -0.1) is 0 Å². The number of rotatable bonds is 5. The first-order valence-electron chi connectivity index (χ1n) is 6.73. The molecule has 5 heteroatoms. The molecule has 2 rings (SSSR count). The first kappa shape index (κ1) is 14.3. The summed E-state index contributed by atoms with van der Waals surface area (Å²) in [5.74, 6) is 0.0195. The molecule has 1 heterocycles. The summed E-state index contributed by atoms with van der Waals surface area (Å²) in [5, 5.41) is 3.60. The molecule has 0 spiro atoms. The highest BCUT2D eigenvalue weighted by Crippen LogP contribution is 2.15. The maximum Gasteiger partial charge on any atom is 0.238 e. The van der Waals surface area contributed by atoms with Crippen molar-refractivity contribution in [2.75, 3.05) is 0 Å². The molecule has 104 valence electrons. The first-order valence-corrected chi connectivity index (χ1v) is 7.10. The normalized spacial score (nSPS) is 22.4. The summed E-state index contributed by atoms with van der Waals surface area (Å²) in [6.07, 6.45) is 3.04. The minimum Gasteiger partial charge on any atom is -0.351 e. The van der Waals surface area contributed by atoms with Gasteiger partial charge in [0.15, 0.2) is 0 Å². The number of nitrogens with one attached hydrogen (secondary N) is 3. The number of hydrogen-bond donors (Lipinski definition) is 3. The molecule has 3 N–H and O–H groups in total. The Labute approximate surface area is 118 Å². The van der Waals surface area contributed by atoms with E-state index in [1.54, 1.807) is 0 Å². The van der Waals surface area contributed by atoms with E-state index in [9.17, 15) is 4.79 Å². The number of carbonyl (C=O) groups is 1. The quantitative estimate of drug-likeness (QED) is 0.774. The zero-order chi connectivity index (χ0) is 13.7. The van der Waals surface area contributed by atoms with Crippen LogP contribution in [0.1, 0.15) is 31.7 Å². The molecule has 0 bridgehead atoms. The summed E-state index contributed by atoms with van der Waals surface area (Å²) < 4.78 is 0. The highest BCUT2D eigenvalue weighted by molar-refractivity contribution is 6.31. The third-order valence-electron chi connectivity index (χ3n) is 3.35. The second-order valence-corrected chi connectivity index (χ2v) is 5.28. The van der Waals surface area contributed by atoms with E-state index in [1.165, 1.54) is 0 Å². The highest BCUT2D eigenvalue weighted by Gasteiger charge is 2.28. The van der Waals surface area contributed by atoms with Crippen molar-refractivity contribution in [1.82, 2.24) is 16.2 Å². The van der Waals surface area contributed by atoms with Crippen LogP contribution >= 0.6 is 11.6 Å². The van der Waals surface area contributed by atoms with Crippen LogP contribution in [0.15, 0.2) is 24.3 Å². The van der Waals surface area contributed by atoms with Crippen LogP contribution in [-0.4, -0.2) is 18.0 Å². The van der Waals surface area contributed by atoms with Crippen LogP contribution in [0.4, 0.5) is 0 Å². The van der Waals surface area contributed by atoms with E-state index in [4.69, 9.17) is 11.6 Å². The van der Waals surface area contributed by atoms with E-state index in [2.05, 4.69) is 23.1 Å². The van der Waals surface area contributed by atoms with Crippen molar-refractivity contribution >= 4 is 17.5 Å². The molecule has 1 saturated heterocycles. The van der Waals surface area contributed by atoms with E-state index >= 15 is 0 Å². The SMILES string of the molecule is CCCC1CC(C(=O)NCc2ccccc2Cl)NN1. The maximum atomic E-state index is 12.0. The number of hydrogen-bond acceptors (Lipinski definition) is 3. The van der Waals surface area contributed by atoms with Crippen LogP contribution in [0.3, 0.4) is 0 Å². The number of carbonyl (C=O) groups excluding carboxylic acids is 1. The lowest BCUT2D eigenvalue weighted by Crippen LogP contribution is -2.43. The lowest BCUT2D eigenvalue weighted by molar-refractivity contribution is -0.123. The molecule has 1 fully saturated rings. The van der Waals surface area contributed by atoms with Crippen molar-refractivity contribution in [3.8, 4) is 0 Å². The van der Waals surface area contributed by atoms with Gasteiger partial charge in [0, 0.05) is 17.6 Å². The smallest absolute Gasteiger partial charge is 0.238 e. The van der Waals surface area contributed by atoms with E-state index < -0.39 is 0 Å². The molecule has 1 amide bonds. The number of benzene rings is 1. The van der Waals surface area contributed by atoms with Gasteiger partial charge < -0.3 is 5.32 Å². The molecular weight excluding hydrogens is 262 g/mol. The number of hydrazine groups is 1. The molecule has 1 aromatic rings. The van der Waals surface area contributed by atoms with Crippen LogP contribution in [0.2, 0.25) is 5.02 Å². The fourth-order valence-electron chi connectivity index (χ4n) is 2.28. The predicted molar refractivity (Wildman–Crippen MR) is 76.7 cm³/mol. The van der Waals surface area contributed by atoms with Crippen LogP contribution < -0.4 is 16.2 Å². The molecule has 4 nitrogen and oxygen atoms in total. The minimum absolute atomic E-state index is 0.0195. The van der Waals surface area contributed by atoms with Crippen molar-refractivity contribution in [3.05, 3.63) is 34.9 Å². The third-order valence-corrected chi connectivity index (χ3v) is 3.72. The van der Waals surface area contributed by atoms with E-state index in [0.29, 0.717) is 17.6 Å². The topological polar surface area (TPSA) is 53.2 Å². The van der Waals surface area contributed by atoms with Gasteiger partial charge in [-0.1, -0.05) is 43.1 Å². The van der Waals surface area contributed by atoms with Gasteiger partial charge in [-0.25, -0.2) is 5.43 Å². The van der Waals surface area contributed by atoms with Crippen molar-refractivity contribution in [1.29, 1.82) is 0 Å². The first-order chi connectivity index (χ1) is 9.20. The van der Waals surface area contributed by atoms with Gasteiger partial charge >= 0.3 is 0 Å². The Kier molecular flexibility index (Phi) is 5.19. The van der Waals surface area contributed by atoms with Crippen LogP contribution in [-0.2, 0) is 11.3 Å². The zero-order valence-corrected chi connectivity index (χ0v) is 11.8. The van der Waals surface area contributed by atoms with Gasteiger partial charge in [0.25, 0.3) is 0 Å². The molecule has 0 aliphatic carbocycles. The van der Waals surface area contributed by atoms with Crippen molar-refractivity contribution in [2.24, 2.45) is 0 Å². The Morgan fingerprint density at radius 1 is 1.42 bits per heavy atom. The monoisotopic (exact) mass is 281 g/mol. The fraction of sp³-hybridized carbons (Fsp3) is 0.500. The minimum atomic E-state index is -0.154. The Morgan fingerprint density at radius 3 is 2.95 bits per heavy atom. The van der Waals surface area contributed by atoms with E-state index in [1.807, 2.05) is 24.3 Å². The molecule has 19 heavy (non-hydrogen) atoms. The lowest BCUT2D eigenvalue weighted by Gasteiger charge is -2.11. The molecule has 2 atom stereocenters. The molecular formula is C14H20ClN3O. The molecule has 0 radical (unpaired) electrons. The average Bonchev–Trinajstić information content (AvgIpc) is 2.87. The van der Waals surface area contributed by atoms with Crippen LogP contribution in [0, 0.1) is 0 Å². The molecule has 0 saturated carbocycles. The largest absolute Gasteiger partial charge is 0.351 e. The highest BCUT2D eigenvalue weighted by atomic mass is 35.5. The van der Waals surface area contributed by atoms with Gasteiger partial charge in [-0.2, -0.15) is 0 Å². The second kappa shape index (κ2) is 6.89. The third kappa shape index (κ3) is 3.93. The summed E-state index contributed by atoms with van der Waals surface area (Å²) in [4.78, 5) is 12.0. The Bertz CT molecular complexity index is 438. The van der Waals surface area contributed by atoms with Crippen molar-refractivity contribution in [3.63, 3.8) is 0 Å². The summed E-state index contributed by atoms with van der Waals surface area (Å²) in [6, 6.07) is 7.78. The Hall–Kier alpha value is -1.10. The predicted octanol–water partition coefficient (Wildman–Crippen LogP) is 1.99. The van der Waals surface area contributed by atoms with Gasteiger partial charge in [0.2, 0.25) is 5.91 Å². The Balaban J connectivity index is 1.81. The van der Waals surface area contributed by atoms with Gasteiger partial charge in [0.1, 0.15) is 6.04 Å². The summed E-state index contributed by atoms with van der Waals surface area (Å²) >= 11 is 6.05. The standard InChI is InChI=1S/C14H20ClN3O/c1-2-5-11-8-13(18-17-11)14(19)16-9-10-6-3-4-7-12(10)15/h3-4,6-7,11,13,17-18H,2,5,8-9H2,1H3,(H,16,19). The van der Waals surface area contributed by atoms with E-state index in [-0.39, 0.29) is 11.9 Å². The fourth-order valence-corrected chi connectivity index (χ4v) is 2.48. The van der Waals surface area contributed by atoms with Crippen molar-refractivity contribution in [2.45, 2.75) is 44.8 Å². The van der Waals surface area contributed by atoms with E-state index in [0.717, 1.165) is 24.8 Å². The summed E-state index contributed by atoms with van der Waals surface area (Å²) in [7, 11) is 0. The average molecular weight is 282 g/mol. The van der Waals surface area contributed by atoms with Gasteiger partial charge in [-0.3, -0.25) is 10.2 Å². The van der Waals surface area contributed by atoms with Crippen LogP contribution in [0.5, 0.6) is 0 Å². The van der Waals surface area contributed by atoms with Gasteiger partial charge in [-0.05, 0) is 24.5 Å². The Morgan fingerprint density at radius 2 is 2.21 bits per heavy atom. The van der Waals surface area contributed by atoms with Gasteiger partial charge in [0.05, 0.1) is 0 Å². The molecule has 2 unspecified atom stereocenters. The number of amides is 1. The molecule has 1 aliphatic rings. The lowest BCUT2D eigenvalue weighted by atomic mass is 10.1. The molecule has 0 aromatic heterocycles. The van der Waals surface area contributed by atoms with Crippen molar-refractivity contribution < 1.29 is 4.79 Å². The summed E-state index contributed by atoms with van der Waals surface area (Å²) in [6.45, 7) is 2.61.